The van der Waals surface area contributed by atoms with Gasteiger partial charge in [-0.2, -0.15) is 0 Å². The van der Waals surface area contributed by atoms with Crippen LogP contribution in [0.2, 0.25) is 0 Å². The van der Waals surface area contributed by atoms with Gasteiger partial charge >= 0.3 is 0 Å². The minimum absolute atomic E-state index is 0.380. The van der Waals surface area contributed by atoms with Gasteiger partial charge in [-0.1, -0.05) is 36.5 Å². The van der Waals surface area contributed by atoms with Gasteiger partial charge in [0.25, 0.3) is 0 Å². The molecule has 0 aromatic rings. The topological polar surface area (TPSA) is 9.23 Å². The highest BCUT2D eigenvalue weighted by Crippen LogP contribution is 2.39. The molecule has 0 saturated carbocycles. The fourth-order valence-electron chi connectivity index (χ4n) is 3.12. The van der Waals surface area contributed by atoms with E-state index in [0.717, 1.165) is 12.5 Å². The Kier molecular flexibility index (Phi) is 2.49. The van der Waals surface area contributed by atoms with Gasteiger partial charge in [0.2, 0.25) is 0 Å². The smallest absolute Gasteiger partial charge is 0.0790 e. The molecule has 0 aromatic carbocycles. The van der Waals surface area contributed by atoms with Gasteiger partial charge in [0.05, 0.1) is 12.7 Å². The second kappa shape index (κ2) is 3.97. The SMILES string of the molecule is C1=CC2COC3C=CCCCC3C2C=C1. The summed E-state index contributed by atoms with van der Waals surface area (Å²) in [5.41, 5.74) is 0. The molecule has 1 heterocycles. The van der Waals surface area contributed by atoms with Gasteiger partial charge in [-0.05, 0) is 31.1 Å². The zero-order valence-corrected chi connectivity index (χ0v) is 9.01. The number of fused-ring (bicyclic) bond motifs is 3. The van der Waals surface area contributed by atoms with E-state index in [4.69, 9.17) is 4.74 Å². The molecule has 3 aliphatic rings. The van der Waals surface area contributed by atoms with Crippen LogP contribution < -0.4 is 0 Å². The van der Waals surface area contributed by atoms with Crippen molar-refractivity contribution in [1.82, 2.24) is 0 Å². The number of hydrogen-bond acceptors (Lipinski definition) is 1. The maximum atomic E-state index is 5.96. The Morgan fingerprint density at radius 2 is 2.00 bits per heavy atom. The van der Waals surface area contributed by atoms with Gasteiger partial charge < -0.3 is 4.74 Å². The minimum atomic E-state index is 0.380. The van der Waals surface area contributed by atoms with E-state index in [1.54, 1.807) is 0 Å². The molecule has 2 aliphatic carbocycles. The molecule has 0 bridgehead atoms. The van der Waals surface area contributed by atoms with Crippen molar-refractivity contribution in [3.05, 3.63) is 36.5 Å². The van der Waals surface area contributed by atoms with Gasteiger partial charge in [0.15, 0.2) is 0 Å². The molecule has 0 radical (unpaired) electrons. The third-order valence-electron chi connectivity index (χ3n) is 3.93. The highest BCUT2D eigenvalue weighted by Gasteiger charge is 2.37. The molecular formula is C14H18O. The Labute approximate surface area is 91.5 Å². The normalized spacial score (nSPS) is 43.2. The molecule has 1 nitrogen and oxygen atoms in total. The average molecular weight is 202 g/mol. The maximum absolute atomic E-state index is 5.96. The summed E-state index contributed by atoms with van der Waals surface area (Å²) in [5.74, 6) is 2.06. The van der Waals surface area contributed by atoms with Gasteiger partial charge in [0.1, 0.15) is 0 Å². The molecule has 1 saturated heterocycles. The van der Waals surface area contributed by atoms with Crippen LogP contribution in [0.1, 0.15) is 19.3 Å². The first-order chi connectivity index (χ1) is 7.45. The second-order valence-corrected chi connectivity index (χ2v) is 4.83. The van der Waals surface area contributed by atoms with Crippen LogP contribution in [-0.4, -0.2) is 12.7 Å². The van der Waals surface area contributed by atoms with Crippen LogP contribution in [0.5, 0.6) is 0 Å². The van der Waals surface area contributed by atoms with Crippen LogP contribution in [0.25, 0.3) is 0 Å². The third-order valence-corrected chi connectivity index (χ3v) is 3.93. The van der Waals surface area contributed by atoms with Gasteiger partial charge in [-0.15, -0.1) is 0 Å². The van der Waals surface area contributed by atoms with Crippen molar-refractivity contribution in [2.45, 2.75) is 25.4 Å². The summed E-state index contributed by atoms with van der Waals surface area (Å²) in [5, 5.41) is 0. The monoisotopic (exact) mass is 202 g/mol. The number of allylic oxidation sites excluding steroid dienone is 4. The van der Waals surface area contributed by atoms with Crippen LogP contribution in [0.3, 0.4) is 0 Å². The van der Waals surface area contributed by atoms with Crippen LogP contribution >= 0.6 is 0 Å². The Morgan fingerprint density at radius 1 is 1.07 bits per heavy atom. The molecule has 1 fully saturated rings. The Hall–Kier alpha value is -0.820. The molecule has 3 rings (SSSR count). The van der Waals surface area contributed by atoms with E-state index in [-0.39, 0.29) is 0 Å². The first kappa shape index (κ1) is 9.41. The highest BCUT2D eigenvalue weighted by atomic mass is 16.5. The zero-order valence-electron chi connectivity index (χ0n) is 9.01. The first-order valence-corrected chi connectivity index (χ1v) is 6.08. The molecule has 1 heteroatoms. The van der Waals surface area contributed by atoms with Gasteiger partial charge in [-0.3, -0.25) is 0 Å². The molecule has 4 atom stereocenters. The lowest BCUT2D eigenvalue weighted by atomic mass is 9.73. The largest absolute Gasteiger partial charge is 0.373 e. The van der Waals surface area contributed by atoms with E-state index in [0.29, 0.717) is 17.9 Å². The number of rotatable bonds is 0. The molecule has 1 aliphatic heterocycles. The molecule has 0 amide bonds. The summed E-state index contributed by atoms with van der Waals surface area (Å²) in [6.07, 6.45) is 17.9. The fourth-order valence-corrected chi connectivity index (χ4v) is 3.12. The number of ether oxygens (including phenoxy) is 1. The van der Waals surface area contributed by atoms with E-state index < -0.39 is 0 Å². The molecule has 0 N–H and O–H groups in total. The summed E-state index contributed by atoms with van der Waals surface area (Å²) in [7, 11) is 0. The molecule has 4 unspecified atom stereocenters. The van der Waals surface area contributed by atoms with Crippen LogP contribution in [-0.2, 0) is 4.74 Å². The fraction of sp³-hybridized carbons (Fsp3) is 0.571. The lowest BCUT2D eigenvalue weighted by Gasteiger charge is -2.40. The average Bonchev–Trinajstić information content (AvgIpc) is 2.54. The second-order valence-electron chi connectivity index (χ2n) is 4.83. The molecule has 80 valence electrons. The lowest BCUT2D eigenvalue weighted by molar-refractivity contribution is -0.0436. The minimum Gasteiger partial charge on any atom is -0.373 e. The molecule has 0 aromatic heterocycles. The summed E-state index contributed by atoms with van der Waals surface area (Å²) in [6, 6.07) is 0. The molecule has 15 heavy (non-hydrogen) atoms. The van der Waals surface area contributed by atoms with E-state index in [9.17, 15) is 0 Å². The van der Waals surface area contributed by atoms with Crippen molar-refractivity contribution in [3.63, 3.8) is 0 Å². The van der Waals surface area contributed by atoms with Crippen molar-refractivity contribution in [2.24, 2.45) is 17.8 Å². The quantitative estimate of drug-likeness (QED) is 0.548. The zero-order chi connectivity index (χ0) is 10.1. The highest BCUT2D eigenvalue weighted by molar-refractivity contribution is 5.18. The Balaban J connectivity index is 1.85. The van der Waals surface area contributed by atoms with E-state index in [1.807, 2.05) is 0 Å². The van der Waals surface area contributed by atoms with Crippen molar-refractivity contribution >= 4 is 0 Å². The van der Waals surface area contributed by atoms with Gasteiger partial charge in [0, 0.05) is 5.92 Å². The predicted octanol–water partition coefficient (Wildman–Crippen LogP) is 3.10. The first-order valence-electron chi connectivity index (χ1n) is 6.08. The van der Waals surface area contributed by atoms with E-state index in [1.165, 1.54) is 19.3 Å². The van der Waals surface area contributed by atoms with Crippen molar-refractivity contribution in [1.29, 1.82) is 0 Å². The summed E-state index contributed by atoms with van der Waals surface area (Å²) >= 11 is 0. The van der Waals surface area contributed by atoms with Gasteiger partial charge in [-0.25, -0.2) is 0 Å². The predicted molar refractivity (Wildman–Crippen MR) is 61.5 cm³/mol. The molecule has 0 spiro atoms. The van der Waals surface area contributed by atoms with E-state index in [2.05, 4.69) is 36.5 Å². The van der Waals surface area contributed by atoms with Crippen LogP contribution in [0.15, 0.2) is 36.5 Å². The standard InChI is InChI=1S/C14H18O/c1-2-8-13-12-7-5-4-6-11(12)10-15-14(13)9-3-1/h3-7,9,11-14H,1-2,8,10H2. The Morgan fingerprint density at radius 3 is 3.00 bits per heavy atom. The Bertz CT molecular complexity index is 313. The molecular weight excluding hydrogens is 184 g/mol. The lowest BCUT2D eigenvalue weighted by Crippen LogP contribution is -2.40. The van der Waals surface area contributed by atoms with E-state index >= 15 is 0 Å². The van der Waals surface area contributed by atoms with Crippen molar-refractivity contribution < 1.29 is 4.74 Å². The van der Waals surface area contributed by atoms with Crippen LogP contribution in [0.4, 0.5) is 0 Å². The third kappa shape index (κ3) is 1.69. The maximum Gasteiger partial charge on any atom is 0.0790 e. The van der Waals surface area contributed by atoms with Crippen molar-refractivity contribution in [3.8, 4) is 0 Å². The number of hydrogen-bond donors (Lipinski definition) is 0. The van der Waals surface area contributed by atoms with Crippen molar-refractivity contribution in [2.75, 3.05) is 6.61 Å². The summed E-state index contributed by atoms with van der Waals surface area (Å²) in [4.78, 5) is 0. The summed E-state index contributed by atoms with van der Waals surface area (Å²) in [6.45, 7) is 0.900. The summed E-state index contributed by atoms with van der Waals surface area (Å²) < 4.78 is 5.96. The van der Waals surface area contributed by atoms with Crippen LogP contribution in [0, 0.1) is 17.8 Å².